The molecular weight excluding hydrogens is 388 g/mol. The molecule has 2 aliphatic carbocycles. The van der Waals surface area contributed by atoms with Crippen LogP contribution in [-0.2, 0) is 0 Å². The summed E-state index contributed by atoms with van der Waals surface area (Å²) in [5.41, 5.74) is 3.91. The molecule has 1 nitrogen and oxygen atoms in total. The number of unbranched alkanes of at least 4 members (excludes halogenated alkanes) is 15. The predicted molar refractivity (Wildman–Crippen MR) is 142 cm³/mol. The Morgan fingerprint density at radius 1 is 0.625 bits per heavy atom. The molecule has 2 aliphatic rings. The van der Waals surface area contributed by atoms with Crippen LogP contribution < -0.4 is 4.74 Å². The first kappa shape index (κ1) is 26.7. The molecule has 0 unspecified atom stereocenters. The van der Waals surface area contributed by atoms with E-state index in [9.17, 15) is 0 Å². The summed E-state index contributed by atoms with van der Waals surface area (Å²) in [5, 5.41) is 0. The summed E-state index contributed by atoms with van der Waals surface area (Å²) in [6, 6.07) is 13.2. The van der Waals surface area contributed by atoms with E-state index in [-0.39, 0.29) is 0 Å². The van der Waals surface area contributed by atoms with E-state index in [1.54, 1.807) is 0 Å². The lowest BCUT2D eigenvalue weighted by Gasteiger charge is -2.08. The fourth-order valence-electron chi connectivity index (χ4n) is 4.59. The molecule has 0 fully saturated rings. The lowest BCUT2D eigenvalue weighted by atomic mass is 10.0. The van der Waals surface area contributed by atoms with Crippen LogP contribution in [0.2, 0.25) is 0 Å². The van der Waals surface area contributed by atoms with Gasteiger partial charge in [-0.25, -0.2) is 0 Å². The zero-order chi connectivity index (χ0) is 22.9. The third kappa shape index (κ3) is 10.9. The van der Waals surface area contributed by atoms with Gasteiger partial charge in [-0.05, 0) is 29.5 Å². The van der Waals surface area contributed by atoms with E-state index >= 15 is 0 Å². The molecule has 0 spiro atoms. The monoisotopic (exact) mass is 438 g/mol. The van der Waals surface area contributed by atoms with Crippen molar-refractivity contribution in [2.24, 2.45) is 0 Å². The number of hydrogen-bond acceptors (Lipinski definition) is 1. The molecule has 0 aliphatic heterocycles. The largest absolute Gasteiger partial charge is 0.493 e. The fraction of sp³-hybridized carbons (Fsp3) is 0.677. The molecule has 0 heterocycles. The first-order chi connectivity index (χ1) is 15.7. The number of rotatable bonds is 19. The van der Waals surface area contributed by atoms with Gasteiger partial charge in [0.05, 0.1) is 6.61 Å². The van der Waals surface area contributed by atoms with Crippen molar-refractivity contribution >= 4 is 0 Å². The van der Waals surface area contributed by atoms with Crippen LogP contribution >= 0.6 is 0 Å². The second kappa shape index (κ2) is 17.0. The van der Waals surface area contributed by atoms with Crippen molar-refractivity contribution in [1.29, 1.82) is 0 Å². The number of fused-ring (bicyclic) bond motifs is 1. The van der Waals surface area contributed by atoms with Crippen LogP contribution in [0.4, 0.5) is 0 Å². The van der Waals surface area contributed by atoms with E-state index in [0.29, 0.717) is 5.92 Å². The fourth-order valence-corrected chi connectivity index (χ4v) is 4.59. The highest BCUT2D eigenvalue weighted by atomic mass is 16.5. The summed E-state index contributed by atoms with van der Waals surface area (Å²) >= 11 is 0. The smallest absolute Gasteiger partial charge is 0.127 e. The van der Waals surface area contributed by atoms with E-state index in [2.05, 4.69) is 57.2 Å². The third-order valence-electron chi connectivity index (χ3n) is 6.79. The Labute approximate surface area is 199 Å². The summed E-state index contributed by atoms with van der Waals surface area (Å²) in [6.07, 6.45) is 22.5. The van der Waals surface area contributed by atoms with Crippen LogP contribution in [0.15, 0.2) is 36.4 Å². The first-order valence-electron chi connectivity index (χ1n) is 13.9. The van der Waals surface area contributed by atoms with Gasteiger partial charge in [-0.1, -0.05) is 147 Å². The normalized spacial score (nSPS) is 11.5. The van der Waals surface area contributed by atoms with Gasteiger partial charge in [0.25, 0.3) is 0 Å². The molecular formula is C31H50O. The van der Waals surface area contributed by atoms with Crippen molar-refractivity contribution in [3.8, 4) is 16.9 Å². The third-order valence-corrected chi connectivity index (χ3v) is 6.79. The van der Waals surface area contributed by atoms with E-state index in [0.717, 1.165) is 18.8 Å². The highest BCUT2D eigenvalue weighted by molar-refractivity contribution is 5.73. The van der Waals surface area contributed by atoms with Crippen LogP contribution in [0.1, 0.15) is 135 Å². The van der Waals surface area contributed by atoms with Gasteiger partial charge in [-0.2, -0.15) is 0 Å². The van der Waals surface area contributed by atoms with Gasteiger partial charge >= 0.3 is 0 Å². The van der Waals surface area contributed by atoms with Gasteiger partial charge in [-0.15, -0.1) is 0 Å². The standard InChI is InChI=1S/C31H50O/c1-4-5-6-7-8-9-10-11-12-13-14-15-16-17-18-19-25-32-31-24-23-28(27(2)3)26-29-21-20-22-30(29)31/h20-24,26-27H,4-19,25H2,1-3H3. The average molecular weight is 439 g/mol. The van der Waals surface area contributed by atoms with Crippen LogP contribution in [0.25, 0.3) is 11.1 Å². The molecule has 0 atom stereocenters. The van der Waals surface area contributed by atoms with Crippen molar-refractivity contribution in [3.63, 3.8) is 0 Å². The minimum absolute atomic E-state index is 0.536. The van der Waals surface area contributed by atoms with Crippen molar-refractivity contribution in [2.75, 3.05) is 6.61 Å². The summed E-state index contributed by atoms with van der Waals surface area (Å²) < 4.78 is 6.19. The molecule has 32 heavy (non-hydrogen) atoms. The zero-order valence-electron chi connectivity index (χ0n) is 21.5. The minimum atomic E-state index is 0.536. The molecule has 0 bridgehead atoms. The SMILES string of the molecule is CCCCCCCCCCCCCCCCCCOc1ccc(C(C)C)cc2cccc1-2. The topological polar surface area (TPSA) is 9.23 Å². The zero-order valence-corrected chi connectivity index (χ0v) is 21.5. The predicted octanol–water partition coefficient (Wildman–Crippen LogP) is 10.6. The lowest BCUT2D eigenvalue weighted by Crippen LogP contribution is -1.97. The molecule has 0 N–H and O–H groups in total. The molecule has 0 saturated carbocycles. The Hall–Kier alpha value is -1.50. The summed E-state index contributed by atoms with van der Waals surface area (Å²) in [6.45, 7) is 7.63. The van der Waals surface area contributed by atoms with E-state index in [1.165, 1.54) is 113 Å². The highest BCUT2D eigenvalue weighted by Gasteiger charge is 2.10. The van der Waals surface area contributed by atoms with Crippen molar-refractivity contribution < 1.29 is 4.74 Å². The van der Waals surface area contributed by atoms with E-state index in [4.69, 9.17) is 4.74 Å². The molecule has 180 valence electrons. The van der Waals surface area contributed by atoms with Gasteiger partial charge in [0, 0.05) is 5.56 Å². The van der Waals surface area contributed by atoms with Crippen LogP contribution in [0.5, 0.6) is 5.75 Å². The van der Waals surface area contributed by atoms with Crippen molar-refractivity contribution in [3.05, 3.63) is 42.0 Å². The molecule has 1 heteroatoms. The van der Waals surface area contributed by atoms with Gasteiger partial charge < -0.3 is 4.74 Å². The maximum absolute atomic E-state index is 6.19. The second-order valence-corrected chi connectivity index (χ2v) is 10.0. The van der Waals surface area contributed by atoms with Crippen LogP contribution in [0, 0.1) is 0 Å². The molecule has 0 radical (unpaired) electrons. The van der Waals surface area contributed by atoms with Gasteiger partial charge in [0.15, 0.2) is 0 Å². The van der Waals surface area contributed by atoms with Crippen molar-refractivity contribution in [2.45, 2.75) is 129 Å². The van der Waals surface area contributed by atoms with Crippen LogP contribution in [-0.4, -0.2) is 6.61 Å². The lowest BCUT2D eigenvalue weighted by molar-refractivity contribution is 0.305. The first-order valence-corrected chi connectivity index (χ1v) is 13.9. The Balaban J connectivity index is 1.44. The van der Waals surface area contributed by atoms with Gasteiger partial charge in [-0.3, -0.25) is 0 Å². The maximum Gasteiger partial charge on any atom is 0.127 e. The van der Waals surface area contributed by atoms with Gasteiger partial charge in [0.2, 0.25) is 0 Å². The molecule has 0 aromatic carbocycles. The Bertz CT molecular complexity index is 674. The summed E-state index contributed by atoms with van der Waals surface area (Å²) in [4.78, 5) is 0. The number of hydrogen-bond donors (Lipinski definition) is 0. The Morgan fingerprint density at radius 3 is 1.69 bits per heavy atom. The van der Waals surface area contributed by atoms with E-state index < -0.39 is 0 Å². The average Bonchev–Trinajstić information content (AvgIpc) is 3.17. The quantitative estimate of drug-likeness (QED) is 0.198. The highest BCUT2D eigenvalue weighted by Crippen LogP contribution is 2.34. The van der Waals surface area contributed by atoms with E-state index in [1.807, 2.05) is 0 Å². The van der Waals surface area contributed by atoms with Crippen LogP contribution in [0.3, 0.4) is 0 Å². The Kier molecular flexibility index (Phi) is 14.2. The second-order valence-electron chi connectivity index (χ2n) is 10.0. The molecule has 0 saturated heterocycles. The summed E-state index contributed by atoms with van der Waals surface area (Å²) in [7, 11) is 0. The molecule has 0 aromatic heterocycles. The number of ether oxygens (including phenoxy) is 1. The summed E-state index contributed by atoms with van der Waals surface area (Å²) in [5.74, 6) is 1.58. The maximum atomic E-state index is 6.19. The van der Waals surface area contributed by atoms with Gasteiger partial charge in [0.1, 0.15) is 5.75 Å². The molecule has 2 rings (SSSR count). The molecule has 0 amide bonds. The Morgan fingerprint density at radius 2 is 1.16 bits per heavy atom. The minimum Gasteiger partial charge on any atom is -0.493 e. The van der Waals surface area contributed by atoms with Crippen molar-refractivity contribution in [1.82, 2.24) is 0 Å². The molecule has 0 aromatic rings.